The van der Waals surface area contributed by atoms with Gasteiger partial charge < -0.3 is 10.2 Å². The number of aromatic nitrogens is 2. The van der Waals surface area contributed by atoms with E-state index in [4.69, 9.17) is 4.98 Å². The van der Waals surface area contributed by atoms with Gasteiger partial charge in [-0.3, -0.25) is 14.7 Å². The average molecular weight is 466 g/mol. The van der Waals surface area contributed by atoms with Crippen molar-refractivity contribution in [3.05, 3.63) is 90.3 Å². The molecule has 178 valence electrons. The summed E-state index contributed by atoms with van der Waals surface area (Å²) in [6, 6.07) is 22.3. The van der Waals surface area contributed by atoms with Crippen LogP contribution in [0.4, 0.5) is 5.69 Å². The normalized spacial score (nSPS) is 14.3. The third-order valence-electron chi connectivity index (χ3n) is 6.61. The molecular formula is C29H31N5O. The highest BCUT2D eigenvalue weighted by molar-refractivity contribution is 6.07. The standard InChI is InChI=1S/C29H31N5O/c1-22-6-4-7-24(20-22)34-18-16-33(17-19-34)15-5-12-31-29(35)26-21-28(23-10-13-30-14-11-23)32-27-9-3-2-8-25(26)27/h2-4,6-11,13-14,20-21H,5,12,15-19H2,1H3,(H,31,35). The lowest BCUT2D eigenvalue weighted by Crippen LogP contribution is -2.47. The summed E-state index contributed by atoms with van der Waals surface area (Å²) in [5.41, 5.74) is 5.82. The van der Waals surface area contributed by atoms with E-state index < -0.39 is 0 Å². The van der Waals surface area contributed by atoms with Crippen LogP contribution in [0.3, 0.4) is 0 Å². The predicted molar refractivity (Wildman–Crippen MR) is 142 cm³/mol. The fourth-order valence-corrected chi connectivity index (χ4v) is 4.69. The van der Waals surface area contributed by atoms with Gasteiger partial charge in [-0.05, 0) is 61.9 Å². The second-order valence-electron chi connectivity index (χ2n) is 9.09. The van der Waals surface area contributed by atoms with Crippen LogP contribution in [0, 0.1) is 6.92 Å². The summed E-state index contributed by atoms with van der Waals surface area (Å²) in [5, 5.41) is 4.00. The summed E-state index contributed by atoms with van der Waals surface area (Å²) in [4.78, 5) is 26.9. The van der Waals surface area contributed by atoms with Crippen molar-refractivity contribution in [3.63, 3.8) is 0 Å². The van der Waals surface area contributed by atoms with Crippen LogP contribution in [0.25, 0.3) is 22.2 Å². The first kappa shape index (κ1) is 23.0. The number of pyridine rings is 2. The minimum absolute atomic E-state index is 0.0526. The average Bonchev–Trinajstić information content (AvgIpc) is 2.91. The topological polar surface area (TPSA) is 61.4 Å². The highest BCUT2D eigenvalue weighted by atomic mass is 16.1. The molecule has 1 saturated heterocycles. The number of hydrogen-bond acceptors (Lipinski definition) is 5. The van der Waals surface area contributed by atoms with Crippen molar-refractivity contribution in [2.45, 2.75) is 13.3 Å². The van der Waals surface area contributed by atoms with Gasteiger partial charge in [-0.25, -0.2) is 4.98 Å². The number of carbonyl (C=O) groups excluding carboxylic acids is 1. The number of hydrogen-bond donors (Lipinski definition) is 1. The van der Waals surface area contributed by atoms with Crippen LogP contribution in [-0.2, 0) is 0 Å². The van der Waals surface area contributed by atoms with E-state index in [0.29, 0.717) is 12.1 Å². The number of para-hydroxylation sites is 1. The van der Waals surface area contributed by atoms with Gasteiger partial charge in [0.1, 0.15) is 0 Å². The molecule has 6 nitrogen and oxygen atoms in total. The Morgan fingerprint density at radius 2 is 1.74 bits per heavy atom. The van der Waals surface area contributed by atoms with E-state index in [9.17, 15) is 4.79 Å². The lowest BCUT2D eigenvalue weighted by molar-refractivity contribution is 0.0953. The van der Waals surface area contributed by atoms with Gasteiger partial charge in [0.25, 0.3) is 5.91 Å². The van der Waals surface area contributed by atoms with Crippen LogP contribution < -0.4 is 10.2 Å². The minimum atomic E-state index is -0.0526. The van der Waals surface area contributed by atoms with Gasteiger partial charge in [-0.2, -0.15) is 0 Å². The Hall–Kier alpha value is -3.77. The largest absolute Gasteiger partial charge is 0.369 e. The monoisotopic (exact) mass is 465 g/mol. The minimum Gasteiger partial charge on any atom is -0.369 e. The quantitative estimate of drug-likeness (QED) is 0.406. The molecule has 2 aromatic heterocycles. The zero-order chi connectivity index (χ0) is 24.0. The van der Waals surface area contributed by atoms with Crippen LogP contribution in [0.5, 0.6) is 0 Å². The molecular weight excluding hydrogens is 434 g/mol. The van der Waals surface area contributed by atoms with Crippen LogP contribution >= 0.6 is 0 Å². The molecule has 1 N–H and O–H groups in total. The molecule has 0 unspecified atom stereocenters. The molecule has 1 amide bonds. The lowest BCUT2D eigenvalue weighted by Gasteiger charge is -2.36. The zero-order valence-corrected chi connectivity index (χ0v) is 20.2. The van der Waals surface area contributed by atoms with Crippen LogP contribution in [-0.4, -0.2) is 60.0 Å². The van der Waals surface area contributed by atoms with Crippen molar-refractivity contribution in [3.8, 4) is 11.3 Å². The molecule has 1 fully saturated rings. The predicted octanol–water partition coefficient (Wildman–Crippen LogP) is 4.55. The van der Waals surface area contributed by atoms with E-state index >= 15 is 0 Å². The summed E-state index contributed by atoms with van der Waals surface area (Å²) in [6.45, 7) is 7.95. The Morgan fingerprint density at radius 3 is 2.54 bits per heavy atom. The fourth-order valence-electron chi connectivity index (χ4n) is 4.69. The van der Waals surface area contributed by atoms with E-state index in [1.807, 2.05) is 42.5 Å². The molecule has 1 aliphatic heterocycles. The number of carbonyl (C=O) groups is 1. The van der Waals surface area contributed by atoms with Gasteiger partial charge in [-0.15, -0.1) is 0 Å². The van der Waals surface area contributed by atoms with Crippen molar-refractivity contribution in [2.24, 2.45) is 0 Å². The Kier molecular flexibility index (Phi) is 7.00. The molecule has 2 aromatic carbocycles. The van der Waals surface area contributed by atoms with E-state index in [-0.39, 0.29) is 5.91 Å². The van der Waals surface area contributed by atoms with Crippen molar-refractivity contribution >= 4 is 22.5 Å². The van der Waals surface area contributed by atoms with Gasteiger partial charge in [0.05, 0.1) is 16.8 Å². The van der Waals surface area contributed by atoms with Crippen LogP contribution in [0.2, 0.25) is 0 Å². The molecule has 0 atom stereocenters. The van der Waals surface area contributed by atoms with Crippen molar-refractivity contribution in [1.82, 2.24) is 20.2 Å². The second-order valence-corrected chi connectivity index (χ2v) is 9.09. The van der Waals surface area contributed by atoms with Gasteiger partial charge >= 0.3 is 0 Å². The molecule has 0 bridgehead atoms. The number of anilines is 1. The first-order valence-corrected chi connectivity index (χ1v) is 12.3. The lowest BCUT2D eigenvalue weighted by atomic mass is 10.0. The van der Waals surface area contributed by atoms with E-state index in [1.165, 1.54) is 11.3 Å². The zero-order valence-electron chi connectivity index (χ0n) is 20.2. The smallest absolute Gasteiger partial charge is 0.252 e. The first-order chi connectivity index (χ1) is 17.2. The van der Waals surface area contributed by atoms with Crippen molar-refractivity contribution in [1.29, 1.82) is 0 Å². The number of fused-ring (bicyclic) bond motifs is 1. The number of rotatable bonds is 7. The number of nitrogens with zero attached hydrogens (tertiary/aromatic N) is 4. The third kappa shape index (κ3) is 5.49. The summed E-state index contributed by atoms with van der Waals surface area (Å²) >= 11 is 0. The maximum Gasteiger partial charge on any atom is 0.252 e. The third-order valence-corrected chi connectivity index (χ3v) is 6.61. The van der Waals surface area contributed by atoms with E-state index in [2.05, 4.69) is 51.3 Å². The maximum absolute atomic E-state index is 13.1. The Bertz CT molecular complexity index is 1300. The van der Waals surface area contributed by atoms with E-state index in [0.717, 1.165) is 61.3 Å². The van der Waals surface area contributed by atoms with Crippen molar-refractivity contribution in [2.75, 3.05) is 44.2 Å². The number of amides is 1. The fraction of sp³-hybridized carbons (Fsp3) is 0.276. The molecule has 4 aromatic rings. The molecule has 0 aliphatic carbocycles. The van der Waals surface area contributed by atoms with Gasteiger partial charge in [0.15, 0.2) is 0 Å². The van der Waals surface area contributed by atoms with Crippen molar-refractivity contribution < 1.29 is 4.79 Å². The number of piperazine rings is 1. The highest BCUT2D eigenvalue weighted by Gasteiger charge is 2.17. The Labute approximate surface area is 206 Å². The molecule has 3 heterocycles. The number of aryl methyl sites for hydroxylation is 1. The molecule has 1 aliphatic rings. The summed E-state index contributed by atoms with van der Waals surface area (Å²) in [6.07, 6.45) is 4.41. The highest BCUT2D eigenvalue weighted by Crippen LogP contribution is 2.24. The van der Waals surface area contributed by atoms with Crippen LogP contribution in [0.15, 0.2) is 79.1 Å². The molecule has 35 heavy (non-hydrogen) atoms. The molecule has 6 heteroatoms. The second kappa shape index (κ2) is 10.7. The molecule has 0 spiro atoms. The van der Waals surface area contributed by atoms with Crippen LogP contribution in [0.1, 0.15) is 22.3 Å². The number of benzene rings is 2. The summed E-state index contributed by atoms with van der Waals surface area (Å²) in [5.74, 6) is -0.0526. The number of nitrogens with one attached hydrogen (secondary N) is 1. The van der Waals surface area contributed by atoms with E-state index in [1.54, 1.807) is 12.4 Å². The Morgan fingerprint density at radius 1 is 0.943 bits per heavy atom. The molecule has 0 radical (unpaired) electrons. The Balaban J connectivity index is 1.16. The molecule has 5 rings (SSSR count). The summed E-state index contributed by atoms with van der Waals surface area (Å²) < 4.78 is 0. The summed E-state index contributed by atoms with van der Waals surface area (Å²) in [7, 11) is 0. The van der Waals surface area contributed by atoms with Gasteiger partial charge in [-0.1, -0.05) is 30.3 Å². The van der Waals surface area contributed by atoms with Gasteiger partial charge in [0, 0.05) is 61.8 Å². The first-order valence-electron chi connectivity index (χ1n) is 12.3. The van der Waals surface area contributed by atoms with Gasteiger partial charge in [0.2, 0.25) is 0 Å². The maximum atomic E-state index is 13.1. The molecule has 0 saturated carbocycles. The SMILES string of the molecule is Cc1cccc(N2CCN(CCCNC(=O)c3cc(-c4ccncc4)nc4ccccc34)CC2)c1.